The van der Waals surface area contributed by atoms with Gasteiger partial charge in [-0.2, -0.15) is 0 Å². The van der Waals surface area contributed by atoms with E-state index < -0.39 is 0 Å². The first kappa shape index (κ1) is 8.69. The van der Waals surface area contributed by atoms with Gasteiger partial charge in [0.1, 0.15) is 0 Å². The molecule has 0 aliphatic carbocycles. The summed E-state index contributed by atoms with van der Waals surface area (Å²) in [5.74, 6) is 0.188. The fourth-order valence-corrected chi connectivity index (χ4v) is 1.24. The SMILES string of the molecule is FOc1cccc(-c2ccccn2)c1. The average molecular weight is 189 g/mol. The second-order valence-electron chi connectivity index (χ2n) is 2.82. The highest BCUT2D eigenvalue weighted by molar-refractivity contribution is 5.60. The third-order valence-electron chi connectivity index (χ3n) is 1.88. The van der Waals surface area contributed by atoms with Gasteiger partial charge in [0.05, 0.1) is 5.69 Å². The Morgan fingerprint density at radius 3 is 2.71 bits per heavy atom. The minimum atomic E-state index is 0.188. The molecule has 2 aromatic rings. The number of hydrogen-bond acceptors (Lipinski definition) is 2. The quantitative estimate of drug-likeness (QED) is 0.724. The molecule has 0 N–H and O–H groups in total. The molecule has 0 unspecified atom stereocenters. The van der Waals surface area contributed by atoms with Crippen LogP contribution in [0.2, 0.25) is 0 Å². The highest BCUT2D eigenvalue weighted by atomic mass is 19.3. The van der Waals surface area contributed by atoms with Crippen molar-refractivity contribution < 1.29 is 9.47 Å². The van der Waals surface area contributed by atoms with Gasteiger partial charge in [-0.05, 0) is 24.3 Å². The molecule has 0 atom stereocenters. The van der Waals surface area contributed by atoms with E-state index in [1.165, 1.54) is 0 Å². The minimum absolute atomic E-state index is 0.188. The van der Waals surface area contributed by atoms with Crippen LogP contribution in [-0.4, -0.2) is 4.98 Å². The number of nitrogens with zero attached hydrogens (tertiary/aromatic N) is 1. The number of aromatic nitrogens is 1. The molecular weight excluding hydrogens is 181 g/mol. The van der Waals surface area contributed by atoms with Gasteiger partial charge in [0.15, 0.2) is 5.75 Å². The average Bonchev–Trinajstić information content (AvgIpc) is 2.30. The lowest BCUT2D eigenvalue weighted by atomic mass is 10.1. The molecule has 0 saturated heterocycles. The standard InChI is InChI=1S/C11H8FNO/c12-14-10-5-3-4-9(8-10)11-6-1-2-7-13-11/h1-8H. The van der Waals surface area contributed by atoms with Crippen molar-refractivity contribution in [1.82, 2.24) is 4.98 Å². The van der Waals surface area contributed by atoms with E-state index in [2.05, 4.69) is 9.93 Å². The fourth-order valence-electron chi connectivity index (χ4n) is 1.24. The summed E-state index contributed by atoms with van der Waals surface area (Å²) in [7, 11) is 0. The molecule has 0 radical (unpaired) electrons. The molecule has 70 valence electrons. The molecule has 3 heteroatoms. The molecule has 0 fully saturated rings. The van der Waals surface area contributed by atoms with Crippen molar-refractivity contribution in [1.29, 1.82) is 0 Å². The maximum Gasteiger partial charge on any atom is 0.172 e. The molecule has 1 heterocycles. The second kappa shape index (κ2) is 3.87. The van der Waals surface area contributed by atoms with E-state index in [0.717, 1.165) is 11.3 Å². The molecule has 0 saturated carbocycles. The summed E-state index contributed by atoms with van der Waals surface area (Å²) in [5.41, 5.74) is 1.63. The second-order valence-corrected chi connectivity index (χ2v) is 2.82. The van der Waals surface area contributed by atoms with Crippen molar-refractivity contribution in [3.8, 4) is 17.0 Å². The summed E-state index contributed by atoms with van der Waals surface area (Å²) in [4.78, 5) is 7.79. The lowest BCUT2D eigenvalue weighted by molar-refractivity contribution is -0.00614. The van der Waals surface area contributed by atoms with Crippen LogP contribution >= 0.6 is 0 Å². The number of rotatable bonds is 2. The van der Waals surface area contributed by atoms with Crippen molar-refractivity contribution in [2.45, 2.75) is 0 Å². The molecule has 2 nitrogen and oxygen atoms in total. The van der Waals surface area contributed by atoms with Gasteiger partial charge in [-0.15, -0.1) is 0 Å². The molecule has 2 rings (SSSR count). The van der Waals surface area contributed by atoms with Crippen LogP contribution in [0.15, 0.2) is 48.7 Å². The van der Waals surface area contributed by atoms with E-state index in [0.29, 0.717) is 0 Å². The van der Waals surface area contributed by atoms with Gasteiger partial charge in [-0.3, -0.25) is 9.93 Å². The van der Waals surface area contributed by atoms with Gasteiger partial charge >= 0.3 is 0 Å². The van der Waals surface area contributed by atoms with E-state index in [1.54, 1.807) is 24.4 Å². The molecule has 1 aromatic heterocycles. The van der Waals surface area contributed by atoms with Gasteiger partial charge in [0.25, 0.3) is 0 Å². The van der Waals surface area contributed by atoms with Gasteiger partial charge < -0.3 is 0 Å². The number of benzene rings is 1. The Morgan fingerprint density at radius 1 is 1.07 bits per heavy atom. The lowest BCUT2D eigenvalue weighted by Gasteiger charge is -2.00. The van der Waals surface area contributed by atoms with Gasteiger partial charge in [0, 0.05) is 16.3 Å². The monoisotopic (exact) mass is 189 g/mol. The molecule has 1 aromatic carbocycles. The fraction of sp³-hybridized carbons (Fsp3) is 0. The Kier molecular flexibility index (Phi) is 2.40. The van der Waals surface area contributed by atoms with Gasteiger partial charge in [-0.1, -0.05) is 18.2 Å². The molecule has 14 heavy (non-hydrogen) atoms. The van der Waals surface area contributed by atoms with Crippen LogP contribution in [0.1, 0.15) is 0 Å². The Bertz CT molecular complexity index is 417. The summed E-state index contributed by atoms with van der Waals surface area (Å²) < 4.78 is 11.9. The summed E-state index contributed by atoms with van der Waals surface area (Å²) in [5, 5.41) is 0. The van der Waals surface area contributed by atoms with Crippen molar-refractivity contribution >= 4 is 0 Å². The number of hydrogen-bond donors (Lipinski definition) is 0. The Labute approximate surface area is 80.9 Å². The van der Waals surface area contributed by atoms with Crippen LogP contribution in [0.5, 0.6) is 5.75 Å². The van der Waals surface area contributed by atoms with Crippen LogP contribution in [0, 0.1) is 0 Å². The minimum Gasteiger partial charge on any atom is -0.294 e. The first-order valence-corrected chi connectivity index (χ1v) is 4.20. The van der Waals surface area contributed by atoms with E-state index in [9.17, 15) is 4.53 Å². The molecular formula is C11H8FNO. The highest BCUT2D eigenvalue weighted by Gasteiger charge is 2.00. The Balaban J connectivity index is 2.42. The van der Waals surface area contributed by atoms with E-state index in [-0.39, 0.29) is 5.75 Å². The Hall–Kier alpha value is -1.90. The van der Waals surface area contributed by atoms with Crippen LogP contribution in [-0.2, 0) is 0 Å². The summed E-state index contributed by atoms with van der Waals surface area (Å²) in [6.07, 6.45) is 1.69. The van der Waals surface area contributed by atoms with Crippen molar-refractivity contribution in [3.63, 3.8) is 0 Å². The zero-order chi connectivity index (χ0) is 9.80. The van der Waals surface area contributed by atoms with Crippen LogP contribution in [0.4, 0.5) is 4.53 Å². The van der Waals surface area contributed by atoms with Crippen LogP contribution in [0.3, 0.4) is 0 Å². The first-order valence-electron chi connectivity index (χ1n) is 4.20. The largest absolute Gasteiger partial charge is 0.294 e. The lowest BCUT2D eigenvalue weighted by Crippen LogP contribution is -1.82. The zero-order valence-electron chi connectivity index (χ0n) is 7.35. The maximum atomic E-state index is 11.9. The smallest absolute Gasteiger partial charge is 0.172 e. The Morgan fingerprint density at radius 2 is 2.00 bits per heavy atom. The third kappa shape index (κ3) is 1.71. The van der Waals surface area contributed by atoms with E-state index in [1.807, 2.05) is 24.3 Å². The first-order chi connectivity index (χ1) is 6.90. The summed E-state index contributed by atoms with van der Waals surface area (Å²) >= 11 is 0. The van der Waals surface area contributed by atoms with Gasteiger partial charge in [-0.25, -0.2) is 0 Å². The molecule has 0 aliphatic heterocycles. The molecule has 0 bridgehead atoms. The van der Waals surface area contributed by atoms with E-state index in [4.69, 9.17) is 0 Å². The normalized spacial score (nSPS) is 9.79. The van der Waals surface area contributed by atoms with Gasteiger partial charge in [0.2, 0.25) is 0 Å². The topological polar surface area (TPSA) is 22.1 Å². The third-order valence-corrected chi connectivity index (χ3v) is 1.88. The van der Waals surface area contributed by atoms with Crippen LogP contribution in [0.25, 0.3) is 11.3 Å². The molecule has 0 aliphatic rings. The van der Waals surface area contributed by atoms with Crippen molar-refractivity contribution in [3.05, 3.63) is 48.7 Å². The van der Waals surface area contributed by atoms with Crippen LogP contribution < -0.4 is 4.94 Å². The summed E-state index contributed by atoms with van der Waals surface area (Å²) in [6, 6.07) is 12.3. The predicted molar refractivity (Wildman–Crippen MR) is 51.4 cm³/mol. The number of halogens is 1. The number of pyridine rings is 1. The van der Waals surface area contributed by atoms with Crippen molar-refractivity contribution in [2.24, 2.45) is 0 Å². The van der Waals surface area contributed by atoms with E-state index >= 15 is 0 Å². The maximum absolute atomic E-state index is 11.9. The van der Waals surface area contributed by atoms with Crippen molar-refractivity contribution in [2.75, 3.05) is 0 Å². The zero-order valence-corrected chi connectivity index (χ0v) is 7.35. The molecule has 0 spiro atoms. The highest BCUT2D eigenvalue weighted by Crippen LogP contribution is 2.21. The molecule has 0 amide bonds. The predicted octanol–water partition coefficient (Wildman–Crippen LogP) is 3.01. The summed E-state index contributed by atoms with van der Waals surface area (Å²) in [6.45, 7) is 0.